The van der Waals surface area contributed by atoms with Gasteiger partial charge in [-0.05, 0) is 17.7 Å². The van der Waals surface area contributed by atoms with E-state index in [2.05, 4.69) is 14.2 Å². The molecule has 0 unspecified atom stereocenters. The van der Waals surface area contributed by atoms with Crippen LogP contribution in [-0.4, -0.2) is 44.3 Å². The molecule has 9 heteroatoms. The van der Waals surface area contributed by atoms with Gasteiger partial charge in [0.2, 0.25) is 0 Å². The number of carbonyl (C=O) groups excluding carboxylic acids is 3. The van der Waals surface area contributed by atoms with Crippen molar-refractivity contribution in [3.05, 3.63) is 45.8 Å². The maximum atomic E-state index is 12.0. The molecule has 0 saturated heterocycles. The van der Waals surface area contributed by atoms with Gasteiger partial charge in [0.05, 0.1) is 32.5 Å². The summed E-state index contributed by atoms with van der Waals surface area (Å²) < 4.78 is 18.6. The summed E-state index contributed by atoms with van der Waals surface area (Å²) in [5, 5.41) is 10.2. The van der Waals surface area contributed by atoms with Gasteiger partial charge in [-0.1, -0.05) is 0 Å². The van der Waals surface area contributed by atoms with Crippen LogP contribution < -0.4 is 5.63 Å². The number of phenols is 1. The molecule has 0 fully saturated rings. The molecule has 1 aromatic heterocycles. The molecule has 0 saturated carbocycles. The number of methoxy groups -OCH3 is 3. The molecule has 1 aromatic carbocycles. The van der Waals surface area contributed by atoms with Gasteiger partial charge in [0.1, 0.15) is 0 Å². The Morgan fingerprint density at radius 2 is 1.73 bits per heavy atom. The topological polar surface area (TPSA) is 129 Å². The third-order valence-electron chi connectivity index (χ3n) is 3.41. The molecule has 9 nitrogen and oxygen atoms in total. The second kappa shape index (κ2) is 7.51. The first-order chi connectivity index (χ1) is 12.3. The van der Waals surface area contributed by atoms with Crippen LogP contribution in [0.3, 0.4) is 0 Å². The number of phenolic OH excluding ortho intramolecular Hbond substituents is 1. The molecule has 0 aliphatic rings. The summed E-state index contributed by atoms with van der Waals surface area (Å²) in [6.07, 6.45) is 0.864. The predicted molar refractivity (Wildman–Crippen MR) is 87.5 cm³/mol. The van der Waals surface area contributed by atoms with E-state index >= 15 is 0 Å². The fourth-order valence-corrected chi connectivity index (χ4v) is 2.23. The fourth-order valence-electron chi connectivity index (χ4n) is 2.23. The Bertz CT molecular complexity index is 982. The summed E-state index contributed by atoms with van der Waals surface area (Å²) in [4.78, 5) is 47.0. The van der Waals surface area contributed by atoms with Crippen LogP contribution in [0.15, 0.2) is 33.5 Å². The van der Waals surface area contributed by atoms with Gasteiger partial charge in [-0.25, -0.2) is 19.2 Å². The lowest BCUT2D eigenvalue weighted by atomic mass is 10.0. The van der Waals surface area contributed by atoms with E-state index in [1.807, 2.05) is 0 Å². The Balaban J connectivity index is 2.84. The monoisotopic (exact) mass is 362 g/mol. The molecule has 0 aliphatic heterocycles. The highest BCUT2D eigenvalue weighted by Crippen LogP contribution is 2.31. The zero-order chi connectivity index (χ0) is 19.4. The number of esters is 3. The Kier molecular flexibility index (Phi) is 5.41. The molecule has 136 valence electrons. The highest BCUT2D eigenvalue weighted by molar-refractivity contribution is 6.21. The van der Waals surface area contributed by atoms with Gasteiger partial charge in [0, 0.05) is 17.5 Å². The van der Waals surface area contributed by atoms with Gasteiger partial charge in [0.25, 0.3) is 0 Å². The second-order valence-electron chi connectivity index (χ2n) is 4.92. The average Bonchev–Trinajstić information content (AvgIpc) is 2.64. The lowest BCUT2D eigenvalue weighted by Crippen LogP contribution is -2.10. The first-order valence-corrected chi connectivity index (χ1v) is 7.09. The third-order valence-corrected chi connectivity index (χ3v) is 3.41. The third kappa shape index (κ3) is 3.56. The van der Waals surface area contributed by atoms with Crippen molar-refractivity contribution in [2.24, 2.45) is 0 Å². The van der Waals surface area contributed by atoms with Crippen LogP contribution in [0.5, 0.6) is 5.75 Å². The molecule has 0 radical (unpaired) electrons. The molecule has 0 spiro atoms. The Hall–Kier alpha value is -3.62. The number of benzene rings is 1. The van der Waals surface area contributed by atoms with Crippen molar-refractivity contribution in [2.45, 2.75) is 0 Å². The summed E-state index contributed by atoms with van der Waals surface area (Å²) in [5.74, 6) is -3.10. The maximum Gasteiger partial charge on any atom is 0.338 e. The SMILES string of the molecule is COC(=O)/C=C(/C(=O)OC)c1cc(O)c2oc(=O)cc(C(=O)OC)c2c1. The summed E-state index contributed by atoms with van der Waals surface area (Å²) in [7, 11) is 3.34. The Morgan fingerprint density at radius 3 is 2.31 bits per heavy atom. The van der Waals surface area contributed by atoms with Gasteiger partial charge in [-0.2, -0.15) is 0 Å². The van der Waals surface area contributed by atoms with Crippen molar-refractivity contribution in [1.29, 1.82) is 0 Å². The van der Waals surface area contributed by atoms with E-state index < -0.39 is 29.3 Å². The maximum absolute atomic E-state index is 12.0. The smallest absolute Gasteiger partial charge is 0.338 e. The molecular formula is C17H14O9. The van der Waals surface area contributed by atoms with Crippen LogP contribution in [0.2, 0.25) is 0 Å². The molecule has 1 heterocycles. The van der Waals surface area contributed by atoms with Crippen LogP contribution in [-0.2, 0) is 23.8 Å². The van der Waals surface area contributed by atoms with Crippen LogP contribution in [0, 0.1) is 0 Å². The van der Waals surface area contributed by atoms with Crippen molar-refractivity contribution in [1.82, 2.24) is 0 Å². The van der Waals surface area contributed by atoms with Crippen molar-refractivity contribution in [2.75, 3.05) is 21.3 Å². The van der Waals surface area contributed by atoms with E-state index in [9.17, 15) is 24.3 Å². The summed E-state index contributed by atoms with van der Waals surface area (Å²) >= 11 is 0. The molecule has 1 N–H and O–H groups in total. The quantitative estimate of drug-likeness (QED) is 0.366. The first-order valence-electron chi connectivity index (χ1n) is 7.09. The van der Waals surface area contributed by atoms with Crippen LogP contribution in [0.1, 0.15) is 15.9 Å². The van der Waals surface area contributed by atoms with Gasteiger partial charge < -0.3 is 23.7 Å². The summed E-state index contributed by atoms with van der Waals surface area (Å²) in [6.45, 7) is 0. The van der Waals surface area contributed by atoms with Crippen LogP contribution in [0.25, 0.3) is 16.5 Å². The molecule has 0 bridgehead atoms. The fraction of sp³-hybridized carbons (Fsp3) is 0.176. The van der Waals surface area contributed by atoms with Gasteiger partial charge in [0.15, 0.2) is 11.3 Å². The summed E-state index contributed by atoms with van der Waals surface area (Å²) in [5.41, 5.74) is -1.54. The van der Waals surface area contributed by atoms with Crippen molar-refractivity contribution < 1.29 is 38.1 Å². The zero-order valence-corrected chi connectivity index (χ0v) is 14.0. The van der Waals surface area contributed by atoms with Gasteiger partial charge in [-0.15, -0.1) is 0 Å². The largest absolute Gasteiger partial charge is 0.504 e. The number of hydrogen-bond acceptors (Lipinski definition) is 9. The Labute approximate surface area is 146 Å². The minimum atomic E-state index is -0.883. The average molecular weight is 362 g/mol. The van der Waals surface area contributed by atoms with Gasteiger partial charge in [-0.3, -0.25) is 0 Å². The molecule has 2 aromatic rings. The second-order valence-corrected chi connectivity index (χ2v) is 4.92. The van der Waals surface area contributed by atoms with Crippen LogP contribution >= 0.6 is 0 Å². The van der Waals surface area contributed by atoms with Gasteiger partial charge >= 0.3 is 23.5 Å². The highest BCUT2D eigenvalue weighted by Gasteiger charge is 2.21. The molecular weight excluding hydrogens is 348 g/mol. The normalized spacial score (nSPS) is 11.1. The Morgan fingerprint density at radius 1 is 1.04 bits per heavy atom. The predicted octanol–water partition coefficient (Wildman–Crippen LogP) is 1.01. The standard InChI is InChI=1S/C17H14O9/c1-23-13(19)6-9(16(21)24-2)8-4-10-11(17(22)25-3)7-14(20)26-15(10)12(18)5-8/h4-7,18H,1-3H3/b9-6+. The molecule has 0 amide bonds. The minimum Gasteiger partial charge on any atom is -0.504 e. The summed E-state index contributed by atoms with van der Waals surface area (Å²) in [6, 6.07) is 3.24. The van der Waals surface area contributed by atoms with E-state index in [1.54, 1.807) is 0 Å². The van der Waals surface area contributed by atoms with Crippen molar-refractivity contribution in [3.8, 4) is 5.75 Å². The number of rotatable bonds is 4. The van der Waals surface area contributed by atoms with Crippen LogP contribution in [0.4, 0.5) is 0 Å². The number of fused-ring (bicyclic) bond motifs is 1. The van der Waals surface area contributed by atoms with E-state index in [-0.39, 0.29) is 27.7 Å². The minimum absolute atomic E-state index is 0.00567. The lowest BCUT2D eigenvalue weighted by molar-refractivity contribution is -0.136. The van der Waals surface area contributed by atoms with E-state index in [0.717, 1.165) is 39.5 Å². The van der Waals surface area contributed by atoms with Crippen molar-refractivity contribution >= 4 is 34.5 Å². The number of hydrogen-bond donors (Lipinski definition) is 1. The molecule has 0 atom stereocenters. The number of ether oxygens (including phenoxy) is 3. The molecule has 26 heavy (non-hydrogen) atoms. The van der Waals surface area contributed by atoms with Crippen molar-refractivity contribution in [3.63, 3.8) is 0 Å². The number of aromatic hydroxyl groups is 1. The van der Waals surface area contributed by atoms with E-state index in [1.165, 1.54) is 6.07 Å². The van der Waals surface area contributed by atoms with E-state index in [0.29, 0.717) is 0 Å². The number of carbonyl (C=O) groups is 3. The first kappa shape index (κ1) is 18.7. The molecule has 2 rings (SSSR count). The lowest BCUT2D eigenvalue weighted by Gasteiger charge is -2.10. The highest BCUT2D eigenvalue weighted by atomic mass is 16.5. The molecule has 0 aliphatic carbocycles. The van der Waals surface area contributed by atoms with E-state index in [4.69, 9.17) is 4.42 Å². The zero-order valence-electron chi connectivity index (χ0n) is 14.0.